The number of nitrogens with one attached hydrogen (secondary N) is 1. The summed E-state index contributed by atoms with van der Waals surface area (Å²) in [6.07, 6.45) is 14.5. The Labute approximate surface area is 261 Å². The Morgan fingerprint density at radius 2 is 1.80 bits per heavy atom. The Balaban J connectivity index is 1.21. The van der Waals surface area contributed by atoms with E-state index in [1.54, 1.807) is 11.0 Å². The van der Waals surface area contributed by atoms with Crippen molar-refractivity contribution in [2.45, 2.75) is 103 Å². The summed E-state index contributed by atoms with van der Waals surface area (Å²) in [7, 11) is -3.15. The minimum absolute atomic E-state index is 0.0206. The molecule has 44 heavy (non-hydrogen) atoms. The van der Waals surface area contributed by atoms with Gasteiger partial charge in [-0.05, 0) is 120 Å². The first-order chi connectivity index (χ1) is 20.8. The van der Waals surface area contributed by atoms with Crippen LogP contribution >= 0.6 is 0 Å². The molecule has 2 saturated carbocycles. The van der Waals surface area contributed by atoms with E-state index < -0.39 is 15.8 Å². The number of fused-ring (bicyclic) bond motifs is 1. The Morgan fingerprint density at radius 1 is 1.09 bits per heavy atom. The van der Waals surface area contributed by atoms with E-state index in [1.165, 1.54) is 24.0 Å². The Bertz CT molecular complexity index is 1630. The number of amides is 1. The third-order valence-electron chi connectivity index (χ3n) is 10.3. The van der Waals surface area contributed by atoms with Crippen LogP contribution in [0.3, 0.4) is 0 Å². The lowest BCUT2D eigenvalue weighted by Gasteiger charge is -2.46. The van der Waals surface area contributed by atoms with Crippen molar-refractivity contribution >= 4 is 26.8 Å². The van der Waals surface area contributed by atoms with Gasteiger partial charge in [0.25, 0.3) is 5.91 Å². The van der Waals surface area contributed by atoms with Crippen molar-refractivity contribution in [2.24, 2.45) is 5.41 Å². The molecular weight excluding hydrogens is 577 g/mol. The average Bonchev–Trinajstić information content (AvgIpc) is 3.55. The second kappa shape index (κ2) is 11.8. The van der Waals surface area contributed by atoms with Crippen molar-refractivity contribution in [2.75, 3.05) is 19.3 Å². The standard InChI is InChI=1S/C34H46FN5O3S/c1-22(2)40(23(3)4)33(41)29-16-25(35)8-11-31(29)39-20-30(28-12-14-36-19-32(28)39)24-6-9-27(10-7-24)38-15-13-34(21-38)17-26(18-34)37-44(5,42)43/h8,11-12,14,16,19-20,22-24,26-27,37H,6-7,9-10,13,15,17-18,21H2,1-5H3. The summed E-state index contributed by atoms with van der Waals surface area (Å²) in [5.41, 5.74) is 3.49. The number of halogens is 1. The number of rotatable bonds is 8. The van der Waals surface area contributed by atoms with Crippen molar-refractivity contribution in [3.8, 4) is 5.69 Å². The molecule has 0 bridgehead atoms. The van der Waals surface area contributed by atoms with Gasteiger partial charge in [-0.2, -0.15) is 0 Å². The van der Waals surface area contributed by atoms with Crippen molar-refractivity contribution in [3.63, 3.8) is 0 Å². The highest BCUT2D eigenvalue weighted by molar-refractivity contribution is 7.88. The molecule has 1 aliphatic heterocycles. The van der Waals surface area contributed by atoms with Crippen LogP contribution in [-0.4, -0.2) is 77.2 Å². The number of carbonyl (C=O) groups excluding carboxylic acids is 1. The number of likely N-dealkylation sites (tertiary alicyclic amines) is 1. The second-order valence-electron chi connectivity index (χ2n) is 14.1. The molecule has 0 unspecified atom stereocenters. The van der Waals surface area contributed by atoms with Gasteiger partial charge in [0, 0.05) is 48.5 Å². The fraction of sp³-hybridized carbons (Fsp3) is 0.588. The topological polar surface area (TPSA) is 87.5 Å². The van der Waals surface area contributed by atoms with Crippen molar-refractivity contribution < 1.29 is 17.6 Å². The zero-order valence-corrected chi connectivity index (χ0v) is 27.4. The van der Waals surface area contributed by atoms with Gasteiger partial charge in [-0.25, -0.2) is 17.5 Å². The number of aromatic nitrogens is 2. The first-order valence-electron chi connectivity index (χ1n) is 16.1. The highest BCUT2D eigenvalue weighted by Crippen LogP contribution is 2.50. The normalized spacial score (nSPS) is 26.1. The maximum Gasteiger partial charge on any atom is 0.256 e. The van der Waals surface area contributed by atoms with Crippen molar-refractivity contribution in [1.82, 2.24) is 24.1 Å². The third-order valence-corrected chi connectivity index (χ3v) is 11.1. The summed E-state index contributed by atoms with van der Waals surface area (Å²) in [5, 5.41) is 1.13. The largest absolute Gasteiger partial charge is 0.334 e. The van der Waals surface area contributed by atoms with E-state index in [2.05, 4.69) is 26.9 Å². The number of hydrogen-bond acceptors (Lipinski definition) is 5. The zero-order valence-electron chi connectivity index (χ0n) is 26.6. The summed E-state index contributed by atoms with van der Waals surface area (Å²) in [4.78, 5) is 22.7. The summed E-state index contributed by atoms with van der Waals surface area (Å²) < 4.78 is 42.7. The molecule has 10 heteroatoms. The Kier molecular flexibility index (Phi) is 8.39. The van der Waals surface area contributed by atoms with Crippen LogP contribution in [0, 0.1) is 11.2 Å². The average molecular weight is 624 g/mol. The maximum absolute atomic E-state index is 14.6. The van der Waals surface area contributed by atoms with Gasteiger partial charge in [-0.15, -0.1) is 0 Å². The van der Waals surface area contributed by atoms with Gasteiger partial charge in [-0.3, -0.25) is 14.7 Å². The minimum atomic E-state index is -3.15. The summed E-state index contributed by atoms with van der Waals surface area (Å²) in [6.45, 7) is 10.1. The molecule has 2 aliphatic carbocycles. The van der Waals surface area contributed by atoms with E-state index in [9.17, 15) is 17.6 Å². The van der Waals surface area contributed by atoms with Gasteiger partial charge in [0.05, 0.1) is 29.2 Å². The molecule has 0 radical (unpaired) electrons. The Morgan fingerprint density at radius 3 is 2.45 bits per heavy atom. The number of carbonyl (C=O) groups is 1. The second-order valence-corrected chi connectivity index (χ2v) is 15.9. The molecule has 1 amide bonds. The van der Waals surface area contributed by atoms with Gasteiger partial charge in [0.15, 0.2) is 0 Å². The molecule has 2 aromatic heterocycles. The van der Waals surface area contributed by atoms with Crippen LogP contribution in [0.5, 0.6) is 0 Å². The van der Waals surface area contributed by atoms with Gasteiger partial charge >= 0.3 is 0 Å². The predicted octanol–water partition coefficient (Wildman–Crippen LogP) is 5.85. The van der Waals surface area contributed by atoms with E-state index in [1.807, 2.05) is 44.7 Å². The van der Waals surface area contributed by atoms with Gasteiger partial charge < -0.3 is 9.47 Å². The molecule has 3 aromatic rings. The molecule has 1 N–H and O–H groups in total. The SMILES string of the molecule is CC(C)N(C(=O)c1cc(F)ccc1-n1cc(C2CCC(N3CCC4(CC(NS(C)(=O)=O)C4)C3)CC2)c2ccncc21)C(C)C. The van der Waals surface area contributed by atoms with Gasteiger partial charge in [0.2, 0.25) is 10.0 Å². The lowest BCUT2D eigenvalue weighted by molar-refractivity contribution is 0.0643. The highest BCUT2D eigenvalue weighted by Gasteiger charge is 2.50. The molecule has 3 heterocycles. The number of hydrogen-bond donors (Lipinski definition) is 1. The van der Waals surface area contributed by atoms with Crippen LogP contribution < -0.4 is 4.72 Å². The molecule has 1 spiro atoms. The molecule has 8 nitrogen and oxygen atoms in total. The summed E-state index contributed by atoms with van der Waals surface area (Å²) in [6, 6.07) is 7.18. The lowest BCUT2D eigenvalue weighted by Crippen LogP contribution is -2.52. The van der Waals surface area contributed by atoms with Crippen LogP contribution in [0.25, 0.3) is 16.6 Å². The fourth-order valence-electron chi connectivity index (χ4n) is 8.46. The van der Waals surface area contributed by atoms with Gasteiger partial charge in [0.1, 0.15) is 5.82 Å². The van der Waals surface area contributed by atoms with Crippen LogP contribution in [0.4, 0.5) is 4.39 Å². The van der Waals surface area contributed by atoms with Crippen molar-refractivity contribution in [1.29, 1.82) is 0 Å². The smallest absolute Gasteiger partial charge is 0.256 e. The minimum Gasteiger partial charge on any atom is -0.334 e. The van der Waals surface area contributed by atoms with Crippen LogP contribution in [0.2, 0.25) is 0 Å². The highest BCUT2D eigenvalue weighted by atomic mass is 32.2. The van der Waals surface area contributed by atoms with E-state index in [4.69, 9.17) is 0 Å². The number of benzene rings is 1. The van der Waals surface area contributed by atoms with Crippen molar-refractivity contribution in [3.05, 3.63) is 59.8 Å². The predicted molar refractivity (Wildman–Crippen MR) is 172 cm³/mol. The molecular formula is C34H46FN5O3S. The zero-order chi connectivity index (χ0) is 31.4. The number of pyridine rings is 1. The van der Waals surface area contributed by atoms with E-state index in [0.29, 0.717) is 23.2 Å². The van der Waals surface area contributed by atoms with Gasteiger partial charge in [-0.1, -0.05) is 0 Å². The molecule has 0 atom stereocenters. The molecule has 3 fully saturated rings. The lowest BCUT2D eigenvalue weighted by atomic mass is 9.65. The monoisotopic (exact) mass is 623 g/mol. The Hall–Kier alpha value is -2.82. The van der Waals surface area contributed by atoms with Crippen LogP contribution in [0.15, 0.2) is 42.9 Å². The van der Waals surface area contributed by atoms with E-state index in [-0.39, 0.29) is 29.4 Å². The number of nitrogens with zero attached hydrogens (tertiary/aromatic N) is 4. The van der Waals surface area contributed by atoms with E-state index in [0.717, 1.165) is 68.9 Å². The van der Waals surface area contributed by atoms with E-state index >= 15 is 0 Å². The first-order valence-corrected chi connectivity index (χ1v) is 18.0. The molecule has 238 valence electrons. The molecule has 1 aromatic carbocycles. The molecule has 3 aliphatic rings. The summed E-state index contributed by atoms with van der Waals surface area (Å²) in [5.74, 6) is -0.209. The molecule has 6 rings (SSSR count). The molecule has 1 saturated heterocycles. The fourth-order valence-corrected chi connectivity index (χ4v) is 9.23. The first kappa shape index (κ1) is 31.2. The van der Waals surface area contributed by atoms with Crippen LogP contribution in [-0.2, 0) is 10.0 Å². The number of sulfonamides is 1. The third kappa shape index (κ3) is 6.05. The summed E-state index contributed by atoms with van der Waals surface area (Å²) >= 11 is 0. The maximum atomic E-state index is 14.6. The van der Waals surface area contributed by atoms with Crippen LogP contribution in [0.1, 0.15) is 94.5 Å². The quantitative estimate of drug-likeness (QED) is 0.340.